The van der Waals surface area contributed by atoms with E-state index in [1.165, 1.54) is 11.1 Å². The highest BCUT2D eigenvalue weighted by Crippen LogP contribution is 2.30. The molecule has 2 aromatic rings. The van der Waals surface area contributed by atoms with Crippen LogP contribution in [0.2, 0.25) is 0 Å². The molecular weight excluding hydrogens is 310 g/mol. The van der Waals surface area contributed by atoms with Crippen molar-refractivity contribution in [3.8, 4) is 5.75 Å². The fraction of sp³-hybridized carbons (Fsp3) is 0.409. The van der Waals surface area contributed by atoms with Crippen LogP contribution in [-0.2, 0) is 10.2 Å². The number of benzene rings is 2. The van der Waals surface area contributed by atoms with E-state index >= 15 is 0 Å². The molecule has 3 heteroatoms. The first-order valence-electron chi connectivity index (χ1n) is 8.77. The quantitative estimate of drug-likeness (QED) is 0.845. The topological polar surface area (TPSA) is 38.3 Å². The Hall–Kier alpha value is -2.29. The lowest BCUT2D eigenvalue weighted by atomic mass is 9.86. The molecule has 0 saturated carbocycles. The van der Waals surface area contributed by atoms with Crippen molar-refractivity contribution in [3.63, 3.8) is 0 Å². The molecular formula is C22H29NO2. The molecule has 0 aromatic heterocycles. The van der Waals surface area contributed by atoms with Crippen molar-refractivity contribution in [2.45, 2.75) is 53.0 Å². The van der Waals surface area contributed by atoms with Gasteiger partial charge in [-0.15, -0.1) is 0 Å². The standard InChI is InChI=1S/C22H29NO2/c1-15-11-12-18(16(2)13-15)17(3)23-21(24)14-25-20-10-8-7-9-19(20)22(4,5)6/h7-13,17H,14H2,1-6H3,(H,23,24)/t17-/m1/s1. The van der Waals surface area contributed by atoms with Crippen molar-refractivity contribution in [3.05, 3.63) is 64.7 Å². The van der Waals surface area contributed by atoms with E-state index in [4.69, 9.17) is 4.74 Å². The minimum absolute atomic E-state index is 0.0162. The van der Waals surface area contributed by atoms with Gasteiger partial charge >= 0.3 is 0 Å². The smallest absolute Gasteiger partial charge is 0.258 e. The number of rotatable bonds is 5. The van der Waals surface area contributed by atoms with E-state index < -0.39 is 0 Å². The van der Waals surface area contributed by atoms with Crippen LogP contribution in [0.5, 0.6) is 5.75 Å². The van der Waals surface area contributed by atoms with Crippen LogP contribution >= 0.6 is 0 Å². The van der Waals surface area contributed by atoms with Gasteiger partial charge in [-0.1, -0.05) is 62.7 Å². The average molecular weight is 339 g/mol. The summed E-state index contributed by atoms with van der Waals surface area (Å²) in [5.41, 5.74) is 4.62. The molecule has 0 unspecified atom stereocenters. The van der Waals surface area contributed by atoms with Crippen molar-refractivity contribution in [1.82, 2.24) is 5.32 Å². The molecule has 0 bridgehead atoms. The first-order chi connectivity index (χ1) is 11.7. The molecule has 0 aliphatic carbocycles. The maximum absolute atomic E-state index is 12.3. The van der Waals surface area contributed by atoms with Crippen molar-refractivity contribution in [2.24, 2.45) is 0 Å². The summed E-state index contributed by atoms with van der Waals surface area (Å²) in [6.45, 7) is 12.6. The number of carbonyl (C=O) groups is 1. The summed E-state index contributed by atoms with van der Waals surface area (Å²) in [5.74, 6) is 0.653. The zero-order chi connectivity index (χ0) is 18.6. The molecule has 1 N–H and O–H groups in total. The maximum atomic E-state index is 12.3. The van der Waals surface area contributed by atoms with Crippen molar-refractivity contribution < 1.29 is 9.53 Å². The van der Waals surface area contributed by atoms with Gasteiger partial charge in [0.2, 0.25) is 0 Å². The number of hydrogen-bond acceptors (Lipinski definition) is 2. The molecule has 3 nitrogen and oxygen atoms in total. The Kier molecular flexibility index (Phi) is 5.89. The Balaban J connectivity index is 2.00. The second-order valence-electron chi connectivity index (χ2n) is 7.68. The number of para-hydroxylation sites is 1. The summed E-state index contributed by atoms with van der Waals surface area (Å²) in [5, 5.41) is 3.02. The van der Waals surface area contributed by atoms with Crippen LogP contribution < -0.4 is 10.1 Å². The highest BCUT2D eigenvalue weighted by atomic mass is 16.5. The predicted octanol–water partition coefficient (Wildman–Crippen LogP) is 4.86. The van der Waals surface area contributed by atoms with E-state index in [1.807, 2.05) is 31.2 Å². The summed E-state index contributed by atoms with van der Waals surface area (Å²) in [6.07, 6.45) is 0. The van der Waals surface area contributed by atoms with E-state index in [1.54, 1.807) is 0 Å². The number of hydrogen-bond donors (Lipinski definition) is 1. The lowest BCUT2D eigenvalue weighted by Crippen LogP contribution is -2.32. The molecule has 0 aliphatic rings. The lowest BCUT2D eigenvalue weighted by Gasteiger charge is -2.23. The van der Waals surface area contributed by atoms with Gasteiger partial charge in [-0.25, -0.2) is 0 Å². The van der Waals surface area contributed by atoms with Crippen LogP contribution in [0.1, 0.15) is 56.0 Å². The molecule has 0 fully saturated rings. The minimum atomic E-state index is -0.115. The van der Waals surface area contributed by atoms with Gasteiger partial charge in [-0.05, 0) is 48.9 Å². The minimum Gasteiger partial charge on any atom is -0.483 e. The van der Waals surface area contributed by atoms with Crippen molar-refractivity contribution >= 4 is 5.91 Å². The van der Waals surface area contributed by atoms with Crippen LogP contribution in [0, 0.1) is 13.8 Å². The van der Waals surface area contributed by atoms with Crippen molar-refractivity contribution in [2.75, 3.05) is 6.61 Å². The highest BCUT2D eigenvalue weighted by molar-refractivity contribution is 5.78. The summed E-state index contributed by atoms with van der Waals surface area (Å²) in [6, 6.07) is 14.1. The van der Waals surface area contributed by atoms with Crippen LogP contribution in [0.15, 0.2) is 42.5 Å². The van der Waals surface area contributed by atoms with Gasteiger partial charge in [0.1, 0.15) is 5.75 Å². The second-order valence-corrected chi connectivity index (χ2v) is 7.68. The van der Waals surface area contributed by atoms with E-state index in [0.29, 0.717) is 0 Å². The number of carbonyl (C=O) groups excluding carboxylic acids is 1. The molecule has 25 heavy (non-hydrogen) atoms. The fourth-order valence-electron chi connectivity index (χ4n) is 3.03. The molecule has 1 amide bonds. The summed E-state index contributed by atoms with van der Waals surface area (Å²) in [4.78, 5) is 12.3. The third kappa shape index (κ3) is 5.09. The number of amides is 1. The Morgan fingerprint density at radius 1 is 1.12 bits per heavy atom. The zero-order valence-corrected chi connectivity index (χ0v) is 16.1. The molecule has 134 valence electrons. The fourth-order valence-corrected chi connectivity index (χ4v) is 3.03. The molecule has 2 rings (SSSR count). The molecule has 0 saturated heterocycles. The van der Waals surface area contributed by atoms with E-state index in [2.05, 4.69) is 58.1 Å². The monoisotopic (exact) mass is 339 g/mol. The van der Waals surface area contributed by atoms with Gasteiger partial charge in [0, 0.05) is 0 Å². The van der Waals surface area contributed by atoms with E-state index in [-0.39, 0.29) is 24.0 Å². The van der Waals surface area contributed by atoms with E-state index in [0.717, 1.165) is 16.9 Å². The molecule has 2 aromatic carbocycles. The van der Waals surface area contributed by atoms with Crippen LogP contribution in [0.3, 0.4) is 0 Å². The molecule has 0 radical (unpaired) electrons. The molecule has 0 aliphatic heterocycles. The van der Waals surface area contributed by atoms with Gasteiger partial charge in [0.05, 0.1) is 6.04 Å². The van der Waals surface area contributed by atoms with Gasteiger partial charge < -0.3 is 10.1 Å². The predicted molar refractivity (Wildman–Crippen MR) is 103 cm³/mol. The summed E-state index contributed by atoms with van der Waals surface area (Å²) >= 11 is 0. The maximum Gasteiger partial charge on any atom is 0.258 e. The number of aryl methyl sites for hydroxylation is 2. The molecule has 1 atom stereocenters. The summed E-state index contributed by atoms with van der Waals surface area (Å²) < 4.78 is 5.80. The Morgan fingerprint density at radius 2 is 1.80 bits per heavy atom. The second kappa shape index (κ2) is 7.73. The van der Waals surface area contributed by atoms with Crippen molar-refractivity contribution in [1.29, 1.82) is 0 Å². The molecule has 0 heterocycles. The van der Waals surface area contributed by atoms with E-state index in [9.17, 15) is 4.79 Å². The lowest BCUT2D eigenvalue weighted by molar-refractivity contribution is -0.123. The van der Waals surface area contributed by atoms with Gasteiger partial charge in [0.25, 0.3) is 5.91 Å². The van der Waals surface area contributed by atoms with Gasteiger partial charge in [0.15, 0.2) is 6.61 Å². The zero-order valence-electron chi connectivity index (χ0n) is 16.1. The van der Waals surface area contributed by atoms with Gasteiger partial charge in [-0.3, -0.25) is 4.79 Å². The number of nitrogens with one attached hydrogen (secondary N) is 1. The van der Waals surface area contributed by atoms with Crippen LogP contribution in [0.25, 0.3) is 0 Å². The number of ether oxygens (including phenoxy) is 1. The third-order valence-corrected chi connectivity index (χ3v) is 4.32. The average Bonchev–Trinajstić information content (AvgIpc) is 2.52. The normalized spacial score (nSPS) is 12.6. The highest BCUT2D eigenvalue weighted by Gasteiger charge is 2.19. The first kappa shape index (κ1) is 19.0. The summed E-state index contributed by atoms with van der Waals surface area (Å²) in [7, 11) is 0. The third-order valence-electron chi connectivity index (χ3n) is 4.32. The Morgan fingerprint density at radius 3 is 2.44 bits per heavy atom. The Labute approximate surface area is 151 Å². The first-order valence-corrected chi connectivity index (χ1v) is 8.77. The van der Waals surface area contributed by atoms with Crippen LogP contribution in [-0.4, -0.2) is 12.5 Å². The SMILES string of the molecule is Cc1ccc([C@@H](C)NC(=O)COc2ccccc2C(C)(C)C)c(C)c1. The van der Waals surface area contributed by atoms with Gasteiger partial charge in [-0.2, -0.15) is 0 Å². The van der Waals surface area contributed by atoms with Crippen LogP contribution in [0.4, 0.5) is 0 Å². The largest absolute Gasteiger partial charge is 0.483 e. The molecule has 0 spiro atoms. The Bertz CT molecular complexity index is 744.